The lowest BCUT2D eigenvalue weighted by Crippen LogP contribution is -2.20. The number of nitrogens with two attached hydrogens (primary N) is 3. The van der Waals surface area contributed by atoms with Gasteiger partial charge in [-0.25, -0.2) is 0 Å². The van der Waals surface area contributed by atoms with E-state index < -0.39 is 10.1 Å². The van der Waals surface area contributed by atoms with Crippen molar-refractivity contribution in [2.75, 3.05) is 5.73 Å². The summed E-state index contributed by atoms with van der Waals surface area (Å²) in [6, 6.07) is 5.29. The van der Waals surface area contributed by atoms with Gasteiger partial charge in [0.05, 0.1) is 4.90 Å². The van der Waals surface area contributed by atoms with Crippen LogP contribution in [0.5, 0.6) is 0 Å². The highest BCUT2D eigenvalue weighted by Gasteiger charge is 2.06. The summed E-state index contributed by atoms with van der Waals surface area (Å²) in [5.74, 6) is -0.333. The van der Waals surface area contributed by atoms with Gasteiger partial charge < -0.3 is 17.2 Å². The van der Waals surface area contributed by atoms with Gasteiger partial charge in [-0.15, -0.1) is 0 Å². The van der Waals surface area contributed by atoms with Crippen molar-refractivity contribution in [3.05, 3.63) is 24.3 Å². The molecule has 0 unspecified atom stereocenters. The average molecular weight is 232 g/mol. The van der Waals surface area contributed by atoms with Gasteiger partial charge in [0.15, 0.2) is 5.96 Å². The molecule has 1 aromatic carbocycles. The molecule has 0 saturated carbocycles. The van der Waals surface area contributed by atoms with E-state index in [0.29, 0.717) is 5.69 Å². The first-order valence-electron chi connectivity index (χ1n) is 3.66. The van der Waals surface area contributed by atoms with E-state index in [9.17, 15) is 8.42 Å². The van der Waals surface area contributed by atoms with Gasteiger partial charge in [-0.3, -0.25) is 9.96 Å². The van der Waals surface area contributed by atoms with Gasteiger partial charge in [-0.2, -0.15) is 8.42 Å². The number of benzene rings is 1. The van der Waals surface area contributed by atoms with Gasteiger partial charge >= 0.3 is 0 Å². The zero-order valence-electron chi connectivity index (χ0n) is 7.71. The molecule has 15 heavy (non-hydrogen) atoms. The third kappa shape index (κ3) is 6.29. The van der Waals surface area contributed by atoms with Crippen molar-refractivity contribution in [2.45, 2.75) is 4.90 Å². The Labute approximate surface area is 87.1 Å². The lowest BCUT2D eigenvalue weighted by atomic mass is 10.3. The highest BCUT2D eigenvalue weighted by Crippen LogP contribution is 2.10. The molecular weight excluding hydrogens is 220 g/mol. The van der Waals surface area contributed by atoms with Crippen molar-refractivity contribution < 1.29 is 13.0 Å². The van der Waals surface area contributed by atoms with E-state index in [1.807, 2.05) is 0 Å². The van der Waals surface area contributed by atoms with E-state index in [1.165, 1.54) is 24.3 Å². The minimum atomic E-state index is -4.08. The van der Waals surface area contributed by atoms with E-state index in [2.05, 4.69) is 11.5 Å². The van der Waals surface area contributed by atoms with Gasteiger partial charge in [0, 0.05) is 5.69 Å². The number of nitrogen functional groups attached to an aromatic ring is 1. The van der Waals surface area contributed by atoms with Crippen molar-refractivity contribution in [1.29, 1.82) is 5.41 Å². The maximum Gasteiger partial charge on any atom is 0.294 e. The Morgan fingerprint density at radius 1 is 1.20 bits per heavy atom. The zero-order chi connectivity index (χ0) is 12.1. The van der Waals surface area contributed by atoms with Crippen LogP contribution in [0.2, 0.25) is 0 Å². The molecule has 0 saturated heterocycles. The molecule has 0 radical (unpaired) electrons. The van der Waals surface area contributed by atoms with Crippen molar-refractivity contribution in [1.82, 2.24) is 0 Å². The summed E-state index contributed by atoms with van der Waals surface area (Å²) >= 11 is 0. The van der Waals surface area contributed by atoms with Crippen molar-refractivity contribution in [2.24, 2.45) is 11.5 Å². The third-order valence-electron chi connectivity index (χ3n) is 1.18. The average Bonchev–Trinajstić information content (AvgIpc) is 2.01. The van der Waals surface area contributed by atoms with E-state index in [1.54, 1.807) is 0 Å². The number of rotatable bonds is 1. The van der Waals surface area contributed by atoms with Gasteiger partial charge in [-0.05, 0) is 24.3 Å². The van der Waals surface area contributed by atoms with E-state index >= 15 is 0 Å². The number of guanidine groups is 1. The SMILES string of the molecule is N=C(N)N.Nc1ccc(S(=O)(=O)O)cc1. The molecule has 1 aromatic rings. The Morgan fingerprint density at radius 2 is 1.53 bits per heavy atom. The molecule has 84 valence electrons. The summed E-state index contributed by atoms with van der Waals surface area (Å²) in [6.07, 6.45) is 0. The monoisotopic (exact) mass is 232 g/mol. The maximum absolute atomic E-state index is 10.5. The van der Waals surface area contributed by atoms with Gasteiger partial charge in [0.1, 0.15) is 0 Å². The van der Waals surface area contributed by atoms with E-state index in [0.717, 1.165) is 0 Å². The lowest BCUT2D eigenvalue weighted by molar-refractivity contribution is 0.483. The number of hydrogen-bond acceptors (Lipinski definition) is 4. The van der Waals surface area contributed by atoms with Crippen LogP contribution in [-0.2, 0) is 10.1 Å². The highest BCUT2D eigenvalue weighted by atomic mass is 32.2. The third-order valence-corrected chi connectivity index (χ3v) is 2.05. The molecule has 7 nitrogen and oxygen atoms in total. The Balaban J connectivity index is 0.000000423. The molecule has 1 rings (SSSR count). The van der Waals surface area contributed by atoms with Crippen molar-refractivity contribution in [3.63, 3.8) is 0 Å². The van der Waals surface area contributed by atoms with Crippen molar-refractivity contribution in [3.8, 4) is 0 Å². The summed E-state index contributed by atoms with van der Waals surface area (Å²) < 4.78 is 29.4. The second-order valence-electron chi connectivity index (χ2n) is 2.50. The summed E-state index contributed by atoms with van der Waals surface area (Å²) in [7, 11) is -4.08. The highest BCUT2D eigenvalue weighted by molar-refractivity contribution is 7.85. The standard InChI is InChI=1S/C6H7NO3S.CH5N3/c7-5-1-3-6(4-2-5)11(8,9)10;2-1(3)4/h1-4H,7H2,(H,8,9,10);(H5,2,3,4). The molecule has 0 aromatic heterocycles. The minimum absolute atomic E-state index is 0.147. The predicted molar refractivity (Wildman–Crippen MR) is 56.8 cm³/mol. The van der Waals surface area contributed by atoms with Crippen LogP contribution < -0.4 is 17.2 Å². The molecule has 0 aliphatic heterocycles. The van der Waals surface area contributed by atoms with Crippen LogP contribution in [0.15, 0.2) is 29.2 Å². The predicted octanol–water partition coefficient (Wildman–Crippen LogP) is -0.646. The second-order valence-corrected chi connectivity index (χ2v) is 3.92. The fourth-order valence-corrected chi connectivity index (χ4v) is 1.12. The second kappa shape index (κ2) is 5.17. The quantitative estimate of drug-likeness (QED) is 0.187. The molecule has 0 heterocycles. The topological polar surface area (TPSA) is 156 Å². The summed E-state index contributed by atoms with van der Waals surface area (Å²) in [5, 5.41) is 6.06. The van der Waals surface area contributed by atoms with Crippen LogP contribution >= 0.6 is 0 Å². The lowest BCUT2D eigenvalue weighted by Gasteiger charge is -1.95. The number of hydrogen-bond donors (Lipinski definition) is 5. The van der Waals surface area contributed by atoms with E-state index in [-0.39, 0.29) is 10.9 Å². The first kappa shape index (κ1) is 13.2. The van der Waals surface area contributed by atoms with Crippen molar-refractivity contribution >= 4 is 21.8 Å². The fraction of sp³-hybridized carbons (Fsp3) is 0. The molecule has 0 spiro atoms. The molecular formula is C7H12N4O3S. The normalized spacial score (nSPS) is 9.93. The molecule has 0 aliphatic carbocycles. The van der Waals surface area contributed by atoms with Crippen LogP contribution in [0, 0.1) is 5.41 Å². The zero-order valence-corrected chi connectivity index (χ0v) is 8.53. The van der Waals surface area contributed by atoms with E-state index in [4.69, 9.17) is 15.7 Å². The summed E-state index contributed by atoms with van der Waals surface area (Å²) in [5.41, 5.74) is 14.7. The summed E-state index contributed by atoms with van der Waals surface area (Å²) in [6.45, 7) is 0. The first-order chi connectivity index (χ1) is 6.73. The fourth-order valence-electron chi connectivity index (χ4n) is 0.640. The maximum atomic E-state index is 10.5. The molecule has 8 heteroatoms. The smallest absolute Gasteiger partial charge is 0.294 e. The molecule has 0 bridgehead atoms. The number of nitrogens with one attached hydrogen (secondary N) is 1. The van der Waals surface area contributed by atoms with Crippen LogP contribution in [0.3, 0.4) is 0 Å². The van der Waals surface area contributed by atoms with Gasteiger partial charge in [0.25, 0.3) is 10.1 Å². The minimum Gasteiger partial charge on any atom is -0.399 e. The van der Waals surface area contributed by atoms with Crippen LogP contribution in [-0.4, -0.2) is 18.9 Å². The molecule has 0 atom stereocenters. The number of anilines is 1. The Kier molecular flexibility index (Phi) is 4.55. The molecule has 0 aliphatic rings. The van der Waals surface area contributed by atoms with Crippen LogP contribution in [0.25, 0.3) is 0 Å². The molecule has 0 amide bonds. The van der Waals surface area contributed by atoms with Gasteiger partial charge in [-0.1, -0.05) is 0 Å². The molecule has 8 N–H and O–H groups in total. The largest absolute Gasteiger partial charge is 0.399 e. The summed E-state index contributed by atoms with van der Waals surface area (Å²) in [4.78, 5) is -0.147. The van der Waals surface area contributed by atoms with Crippen LogP contribution in [0.1, 0.15) is 0 Å². The Hall–Kier alpha value is -1.80. The van der Waals surface area contributed by atoms with Gasteiger partial charge in [0.2, 0.25) is 0 Å². The first-order valence-corrected chi connectivity index (χ1v) is 5.10. The Bertz CT molecular complexity index is 422. The Morgan fingerprint density at radius 3 is 1.80 bits per heavy atom. The van der Waals surface area contributed by atoms with Crippen LogP contribution in [0.4, 0.5) is 5.69 Å². The molecule has 0 fully saturated rings.